The third kappa shape index (κ3) is 3.48. The summed E-state index contributed by atoms with van der Waals surface area (Å²) in [5.41, 5.74) is 2.99. The van der Waals surface area contributed by atoms with Gasteiger partial charge in [-0.3, -0.25) is 9.89 Å². The Morgan fingerprint density at radius 2 is 2.09 bits per heavy atom. The lowest BCUT2D eigenvalue weighted by Gasteiger charge is -2.06. The van der Waals surface area contributed by atoms with Gasteiger partial charge in [-0.1, -0.05) is 30.3 Å². The highest BCUT2D eigenvalue weighted by molar-refractivity contribution is 6.01. The van der Waals surface area contributed by atoms with Crippen LogP contribution in [0.4, 0.5) is 0 Å². The van der Waals surface area contributed by atoms with Crippen LogP contribution in [0.25, 0.3) is 11.3 Å². The summed E-state index contributed by atoms with van der Waals surface area (Å²) in [4.78, 5) is 19.7. The molecule has 0 aliphatic rings. The van der Waals surface area contributed by atoms with Gasteiger partial charge in [0.1, 0.15) is 11.5 Å². The van der Waals surface area contributed by atoms with Gasteiger partial charge in [0.05, 0.1) is 5.56 Å². The van der Waals surface area contributed by atoms with Gasteiger partial charge >= 0.3 is 0 Å². The highest BCUT2D eigenvalue weighted by Crippen LogP contribution is 2.23. The van der Waals surface area contributed by atoms with Crippen LogP contribution in [0.3, 0.4) is 0 Å². The number of H-pyrrole nitrogens is 2. The number of aromatic nitrogens is 4. The van der Waals surface area contributed by atoms with Gasteiger partial charge < -0.3 is 10.3 Å². The van der Waals surface area contributed by atoms with E-state index in [1.165, 1.54) is 0 Å². The maximum atomic E-state index is 12.5. The maximum absolute atomic E-state index is 12.5. The fraction of sp³-hybridized carbons (Fsp3) is 0.235. The Bertz CT molecular complexity index is 762. The van der Waals surface area contributed by atoms with E-state index in [2.05, 4.69) is 25.5 Å². The second-order valence-corrected chi connectivity index (χ2v) is 5.33. The SMILES string of the molecule is Cc1[nH]nc(-c2ccccc2)c1C(=O)NCCCc1ncc[nH]1. The fourth-order valence-electron chi connectivity index (χ4n) is 2.49. The van der Waals surface area contributed by atoms with Crippen molar-refractivity contribution in [3.63, 3.8) is 0 Å². The van der Waals surface area contributed by atoms with Gasteiger partial charge in [0.15, 0.2) is 0 Å². The first-order chi connectivity index (χ1) is 11.3. The molecule has 118 valence electrons. The van der Waals surface area contributed by atoms with Crippen LogP contribution in [-0.4, -0.2) is 32.6 Å². The number of aryl methyl sites for hydroxylation is 2. The van der Waals surface area contributed by atoms with Crippen molar-refractivity contribution in [2.75, 3.05) is 6.54 Å². The molecule has 2 aromatic heterocycles. The molecule has 0 saturated carbocycles. The number of hydrogen-bond donors (Lipinski definition) is 3. The van der Waals surface area contributed by atoms with E-state index in [9.17, 15) is 4.79 Å². The minimum Gasteiger partial charge on any atom is -0.352 e. The molecular formula is C17H19N5O. The monoisotopic (exact) mass is 309 g/mol. The van der Waals surface area contributed by atoms with E-state index >= 15 is 0 Å². The van der Waals surface area contributed by atoms with Crippen molar-refractivity contribution < 1.29 is 4.79 Å². The highest BCUT2D eigenvalue weighted by atomic mass is 16.1. The molecule has 3 rings (SSSR count). The molecule has 6 heteroatoms. The summed E-state index contributed by atoms with van der Waals surface area (Å²) < 4.78 is 0. The zero-order valence-electron chi connectivity index (χ0n) is 13.0. The molecule has 0 atom stereocenters. The Labute approximate surface area is 134 Å². The average Bonchev–Trinajstić information content (AvgIpc) is 3.22. The van der Waals surface area contributed by atoms with E-state index in [1.807, 2.05) is 37.3 Å². The van der Waals surface area contributed by atoms with Crippen LogP contribution in [0.2, 0.25) is 0 Å². The molecule has 0 aliphatic heterocycles. The van der Waals surface area contributed by atoms with E-state index in [0.717, 1.165) is 29.9 Å². The molecule has 0 fully saturated rings. The summed E-state index contributed by atoms with van der Waals surface area (Å²) in [6.07, 6.45) is 5.17. The third-order valence-electron chi connectivity index (χ3n) is 3.65. The van der Waals surface area contributed by atoms with Gasteiger partial charge in [-0.2, -0.15) is 5.10 Å². The number of nitrogens with zero attached hydrogens (tertiary/aromatic N) is 2. The van der Waals surface area contributed by atoms with E-state index in [4.69, 9.17) is 0 Å². The predicted molar refractivity (Wildman–Crippen MR) is 88.0 cm³/mol. The Hall–Kier alpha value is -2.89. The molecule has 2 heterocycles. The van der Waals surface area contributed by atoms with Gasteiger partial charge in [-0.15, -0.1) is 0 Å². The zero-order valence-corrected chi connectivity index (χ0v) is 13.0. The quantitative estimate of drug-likeness (QED) is 0.611. The standard InChI is InChI=1S/C17H19N5O/c1-12-15(16(22-21-12)13-6-3-2-4-7-13)17(23)20-9-5-8-14-18-10-11-19-14/h2-4,6-7,10-11H,5,8-9H2,1H3,(H,18,19)(H,20,23)(H,21,22). The summed E-state index contributed by atoms with van der Waals surface area (Å²) in [7, 11) is 0. The smallest absolute Gasteiger partial charge is 0.255 e. The lowest BCUT2D eigenvalue weighted by Crippen LogP contribution is -2.25. The first-order valence-corrected chi connectivity index (χ1v) is 7.62. The highest BCUT2D eigenvalue weighted by Gasteiger charge is 2.18. The van der Waals surface area contributed by atoms with Crippen molar-refractivity contribution in [1.29, 1.82) is 0 Å². The van der Waals surface area contributed by atoms with E-state index in [0.29, 0.717) is 17.8 Å². The number of imidazole rings is 1. The van der Waals surface area contributed by atoms with Crippen molar-refractivity contribution in [2.24, 2.45) is 0 Å². The molecule has 6 nitrogen and oxygen atoms in total. The van der Waals surface area contributed by atoms with Crippen molar-refractivity contribution in [2.45, 2.75) is 19.8 Å². The molecule has 3 aromatic rings. The van der Waals surface area contributed by atoms with Crippen LogP contribution >= 0.6 is 0 Å². The van der Waals surface area contributed by atoms with Crippen LogP contribution in [0.15, 0.2) is 42.7 Å². The second-order valence-electron chi connectivity index (χ2n) is 5.33. The largest absolute Gasteiger partial charge is 0.352 e. The molecule has 0 unspecified atom stereocenters. The van der Waals surface area contributed by atoms with Crippen LogP contribution in [-0.2, 0) is 6.42 Å². The van der Waals surface area contributed by atoms with Crippen molar-refractivity contribution in [3.8, 4) is 11.3 Å². The molecule has 0 radical (unpaired) electrons. The van der Waals surface area contributed by atoms with Gasteiger partial charge in [0.25, 0.3) is 5.91 Å². The van der Waals surface area contributed by atoms with Gasteiger partial charge in [0.2, 0.25) is 0 Å². The number of amides is 1. The summed E-state index contributed by atoms with van der Waals surface area (Å²) in [6, 6.07) is 9.71. The third-order valence-corrected chi connectivity index (χ3v) is 3.65. The minimum atomic E-state index is -0.102. The Morgan fingerprint density at radius 3 is 2.83 bits per heavy atom. The lowest BCUT2D eigenvalue weighted by molar-refractivity contribution is 0.0953. The molecule has 0 saturated heterocycles. The number of carbonyl (C=O) groups is 1. The first-order valence-electron chi connectivity index (χ1n) is 7.62. The number of aromatic amines is 2. The molecule has 23 heavy (non-hydrogen) atoms. The Morgan fingerprint density at radius 1 is 1.26 bits per heavy atom. The van der Waals surface area contributed by atoms with E-state index in [1.54, 1.807) is 12.4 Å². The maximum Gasteiger partial charge on any atom is 0.255 e. The Balaban J connectivity index is 1.64. The summed E-state index contributed by atoms with van der Waals surface area (Å²) >= 11 is 0. The van der Waals surface area contributed by atoms with Crippen LogP contribution < -0.4 is 5.32 Å². The predicted octanol–water partition coefficient (Wildman–Crippen LogP) is 2.47. The normalized spacial score (nSPS) is 10.7. The molecule has 0 spiro atoms. The van der Waals surface area contributed by atoms with Crippen LogP contribution in [0.1, 0.15) is 28.3 Å². The van der Waals surface area contributed by atoms with Crippen molar-refractivity contribution in [1.82, 2.24) is 25.5 Å². The average molecular weight is 309 g/mol. The molecule has 3 N–H and O–H groups in total. The molecule has 0 aliphatic carbocycles. The summed E-state index contributed by atoms with van der Waals surface area (Å²) in [5, 5.41) is 10.1. The topological polar surface area (TPSA) is 86.5 Å². The van der Waals surface area contributed by atoms with E-state index < -0.39 is 0 Å². The first kappa shape index (κ1) is 15.0. The van der Waals surface area contributed by atoms with Gasteiger partial charge in [-0.25, -0.2) is 4.98 Å². The van der Waals surface area contributed by atoms with Crippen LogP contribution in [0.5, 0.6) is 0 Å². The minimum absolute atomic E-state index is 0.102. The molecular weight excluding hydrogens is 290 g/mol. The van der Waals surface area contributed by atoms with Crippen molar-refractivity contribution in [3.05, 3.63) is 59.8 Å². The summed E-state index contributed by atoms with van der Waals surface area (Å²) in [5.74, 6) is 0.832. The number of carbonyl (C=O) groups excluding carboxylic acids is 1. The lowest BCUT2D eigenvalue weighted by atomic mass is 10.1. The van der Waals surface area contributed by atoms with Gasteiger partial charge in [-0.05, 0) is 13.3 Å². The molecule has 1 aromatic carbocycles. The number of nitrogens with one attached hydrogen (secondary N) is 3. The second kappa shape index (κ2) is 6.91. The molecule has 1 amide bonds. The van der Waals surface area contributed by atoms with Crippen LogP contribution in [0, 0.1) is 6.92 Å². The Kier molecular flexibility index (Phi) is 4.52. The van der Waals surface area contributed by atoms with E-state index in [-0.39, 0.29) is 5.91 Å². The number of benzene rings is 1. The van der Waals surface area contributed by atoms with Crippen molar-refractivity contribution >= 4 is 5.91 Å². The van der Waals surface area contributed by atoms with Gasteiger partial charge in [0, 0.05) is 36.6 Å². The summed E-state index contributed by atoms with van der Waals surface area (Å²) in [6.45, 7) is 2.45. The molecule has 0 bridgehead atoms. The zero-order chi connectivity index (χ0) is 16.1. The number of rotatable bonds is 6. The fourth-order valence-corrected chi connectivity index (χ4v) is 2.49. The number of hydrogen-bond acceptors (Lipinski definition) is 3.